The summed E-state index contributed by atoms with van der Waals surface area (Å²) >= 11 is 4.58. The molecule has 3 nitrogen and oxygen atoms in total. The fourth-order valence-corrected chi connectivity index (χ4v) is 6.24. The van der Waals surface area contributed by atoms with Gasteiger partial charge in [0.25, 0.3) is 10.0 Å². The lowest BCUT2D eigenvalue weighted by molar-refractivity contribution is 0.204. The second-order valence-corrected chi connectivity index (χ2v) is 8.44. The number of sulfonamides is 1. The van der Waals surface area contributed by atoms with E-state index in [-0.39, 0.29) is 12.1 Å². The van der Waals surface area contributed by atoms with Crippen molar-refractivity contribution in [1.82, 2.24) is 4.31 Å². The molecule has 0 spiro atoms. The highest BCUT2D eigenvalue weighted by molar-refractivity contribution is 9.10. The van der Waals surface area contributed by atoms with Crippen molar-refractivity contribution >= 4 is 37.3 Å². The highest BCUT2D eigenvalue weighted by Gasteiger charge is 2.36. The Bertz CT molecular complexity index is 487. The minimum atomic E-state index is -3.32. The van der Waals surface area contributed by atoms with E-state index in [1.54, 1.807) is 10.4 Å². The summed E-state index contributed by atoms with van der Waals surface area (Å²) in [5.41, 5.74) is 0. The lowest BCUT2D eigenvalue weighted by Gasteiger charge is -2.37. The van der Waals surface area contributed by atoms with Crippen molar-refractivity contribution in [3.63, 3.8) is 0 Å². The molecule has 2 atom stereocenters. The molecule has 0 amide bonds. The number of thiophene rings is 1. The van der Waals surface area contributed by atoms with E-state index < -0.39 is 10.0 Å². The molecule has 2 rings (SSSR count). The van der Waals surface area contributed by atoms with E-state index in [0.717, 1.165) is 23.7 Å². The number of halogens is 1. The molecule has 96 valence electrons. The van der Waals surface area contributed by atoms with Crippen LogP contribution in [0.5, 0.6) is 0 Å². The van der Waals surface area contributed by atoms with Gasteiger partial charge in [0.2, 0.25) is 0 Å². The monoisotopic (exact) mass is 337 g/mol. The minimum absolute atomic E-state index is 0.102. The van der Waals surface area contributed by atoms with E-state index in [4.69, 9.17) is 0 Å². The maximum absolute atomic E-state index is 12.5. The molecule has 0 aliphatic carbocycles. The maximum Gasteiger partial charge on any atom is 0.253 e. The molecule has 2 heterocycles. The number of piperidine rings is 1. The number of nitrogens with zero attached hydrogens (tertiary/aromatic N) is 1. The van der Waals surface area contributed by atoms with Crippen LogP contribution in [0.3, 0.4) is 0 Å². The average molecular weight is 338 g/mol. The van der Waals surface area contributed by atoms with Gasteiger partial charge in [0.15, 0.2) is 0 Å². The zero-order valence-corrected chi connectivity index (χ0v) is 13.1. The van der Waals surface area contributed by atoms with E-state index in [0.29, 0.717) is 4.21 Å². The van der Waals surface area contributed by atoms with Gasteiger partial charge in [-0.25, -0.2) is 8.42 Å². The third-order valence-corrected chi connectivity index (χ3v) is 7.49. The molecule has 1 aliphatic rings. The molecule has 1 aromatic rings. The fraction of sp³-hybridized carbons (Fsp3) is 0.636. The van der Waals surface area contributed by atoms with E-state index >= 15 is 0 Å². The summed E-state index contributed by atoms with van der Waals surface area (Å²) in [7, 11) is -3.32. The lowest BCUT2D eigenvalue weighted by atomic mass is 10.0. The van der Waals surface area contributed by atoms with Crippen LogP contribution in [-0.2, 0) is 10.0 Å². The van der Waals surface area contributed by atoms with Crippen LogP contribution in [0.25, 0.3) is 0 Å². The van der Waals surface area contributed by atoms with Crippen molar-refractivity contribution < 1.29 is 8.42 Å². The van der Waals surface area contributed by atoms with Crippen LogP contribution < -0.4 is 0 Å². The maximum atomic E-state index is 12.5. The van der Waals surface area contributed by atoms with Gasteiger partial charge in [0.1, 0.15) is 4.21 Å². The van der Waals surface area contributed by atoms with Gasteiger partial charge in [-0.05, 0) is 48.7 Å². The van der Waals surface area contributed by atoms with Gasteiger partial charge in [0, 0.05) is 21.9 Å². The Kier molecular flexibility index (Phi) is 3.97. The van der Waals surface area contributed by atoms with E-state index in [9.17, 15) is 8.42 Å². The van der Waals surface area contributed by atoms with Crippen LogP contribution in [0.1, 0.15) is 33.1 Å². The van der Waals surface area contributed by atoms with Gasteiger partial charge in [-0.3, -0.25) is 0 Å². The third kappa shape index (κ3) is 2.59. The van der Waals surface area contributed by atoms with Crippen LogP contribution in [0.4, 0.5) is 0 Å². The normalized spacial score (nSPS) is 27.2. The first-order chi connectivity index (χ1) is 7.93. The molecule has 0 N–H and O–H groups in total. The predicted octanol–water partition coefficient (Wildman–Crippen LogP) is 3.46. The van der Waals surface area contributed by atoms with Gasteiger partial charge in [-0.15, -0.1) is 11.3 Å². The average Bonchev–Trinajstić information content (AvgIpc) is 2.64. The first-order valence-corrected chi connectivity index (χ1v) is 8.82. The largest absolute Gasteiger partial charge is 0.253 e. The smallest absolute Gasteiger partial charge is 0.206 e. The molecule has 1 aromatic heterocycles. The summed E-state index contributed by atoms with van der Waals surface area (Å²) in [6, 6.07) is 1.89. The highest BCUT2D eigenvalue weighted by atomic mass is 79.9. The van der Waals surface area contributed by atoms with Crippen LogP contribution in [-0.4, -0.2) is 24.8 Å². The molecular weight excluding hydrogens is 322 g/mol. The lowest BCUT2D eigenvalue weighted by Crippen LogP contribution is -2.47. The van der Waals surface area contributed by atoms with Gasteiger partial charge in [0.05, 0.1) is 0 Å². The van der Waals surface area contributed by atoms with Crippen LogP contribution >= 0.6 is 27.3 Å². The van der Waals surface area contributed by atoms with Crippen LogP contribution in [0.2, 0.25) is 0 Å². The third-order valence-electron chi connectivity index (χ3n) is 3.19. The Morgan fingerprint density at radius 3 is 2.41 bits per heavy atom. The summed E-state index contributed by atoms with van der Waals surface area (Å²) in [4.78, 5) is 0. The number of hydrogen-bond donors (Lipinski definition) is 0. The number of hydrogen-bond acceptors (Lipinski definition) is 3. The predicted molar refractivity (Wildman–Crippen MR) is 73.8 cm³/mol. The van der Waals surface area contributed by atoms with Crippen molar-refractivity contribution in [2.75, 3.05) is 0 Å². The summed E-state index contributed by atoms with van der Waals surface area (Å²) in [6.45, 7) is 3.99. The first-order valence-electron chi connectivity index (χ1n) is 5.70. The molecule has 2 unspecified atom stereocenters. The Morgan fingerprint density at radius 2 is 1.94 bits per heavy atom. The van der Waals surface area contributed by atoms with E-state index in [1.807, 2.05) is 19.2 Å². The molecule has 1 fully saturated rings. The van der Waals surface area contributed by atoms with Crippen LogP contribution in [0, 0.1) is 0 Å². The molecule has 0 aromatic carbocycles. The summed E-state index contributed by atoms with van der Waals surface area (Å²) in [6.07, 6.45) is 3.02. The summed E-state index contributed by atoms with van der Waals surface area (Å²) in [5, 5.41) is 1.81. The van der Waals surface area contributed by atoms with Crippen LogP contribution in [0.15, 0.2) is 20.1 Å². The molecule has 1 saturated heterocycles. The topological polar surface area (TPSA) is 37.4 Å². The second kappa shape index (κ2) is 4.99. The quantitative estimate of drug-likeness (QED) is 0.828. The molecule has 0 saturated carbocycles. The van der Waals surface area contributed by atoms with E-state index in [1.165, 1.54) is 11.3 Å². The molecule has 17 heavy (non-hydrogen) atoms. The zero-order chi connectivity index (χ0) is 12.6. The van der Waals surface area contributed by atoms with Crippen molar-refractivity contribution in [3.8, 4) is 0 Å². The molecule has 1 aliphatic heterocycles. The highest BCUT2D eigenvalue weighted by Crippen LogP contribution is 2.33. The standard InChI is InChI=1S/C11H16BrNO2S2/c1-8-4-3-5-9(2)13(8)17(14,15)11-6-10(12)7-16-11/h6-9H,3-5H2,1-2H3. The molecule has 6 heteroatoms. The van der Waals surface area contributed by atoms with Crippen molar-refractivity contribution in [1.29, 1.82) is 0 Å². The first kappa shape index (κ1) is 13.5. The molecule has 0 bridgehead atoms. The Hall–Kier alpha value is 0.0900. The Labute approximate surface area is 115 Å². The fourth-order valence-electron chi connectivity index (χ4n) is 2.41. The minimum Gasteiger partial charge on any atom is -0.206 e. The van der Waals surface area contributed by atoms with Gasteiger partial charge in [-0.1, -0.05) is 6.42 Å². The van der Waals surface area contributed by atoms with Crippen molar-refractivity contribution in [3.05, 3.63) is 15.9 Å². The van der Waals surface area contributed by atoms with Gasteiger partial charge in [-0.2, -0.15) is 4.31 Å². The Morgan fingerprint density at radius 1 is 1.35 bits per heavy atom. The number of rotatable bonds is 2. The van der Waals surface area contributed by atoms with E-state index in [2.05, 4.69) is 15.9 Å². The summed E-state index contributed by atoms with van der Waals surface area (Å²) < 4.78 is 28.0. The van der Waals surface area contributed by atoms with Gasteiger partial charge < -0.3 is 0 Å². The molecule has 0 radical (unpaired) electrons. The SMILES string of the molecule is CC1CCCC(C)N1S(=O)(=O)c1cc(Br)cs1. The van der Waals surface area contributed by atoms with Crippen molar-refractivity contribution in [2.45, 2.75) is 49.4 Å². The molecular formula is C11H16BrNO2S2. The zero-order valence-electron chi connectivity index (χ0n) is 9.89. The van der Waals surface area contributed by atoms with Gasteiger partial charge >= 0.3 is 0 Å². The summed E-state index contributed by atoms with van der Waals surface area (Å²) in [5.74, 6) is 0. The Balaban J connectivity index is 2.37. The van der Waals surface area contributed by atoms with Crippen molar-refractivity contribution in [2.24, 2.45) is 0 Å². The second-order valence-electron chi connectivity index (χ2n) is 4.55.